The van der Waals surface area contributed by atoms with Gasteiger partial charge in [-0.15, -0.1) is 0 Å². The molecule has 1 aliphatic heterocycles. The first-order valence-corrected chi connectivity index (χ1v) is 9.70. The van der Waals surface area contributed by atoms with Crippen LogP contribution in [0.1, 0.15) is 27.6 Å². The second-order valence-electron chi connectivity index (χ2n) is 6.35. The van der Waals surface area contributed by atoms with E-state index in [1.165, 1.54) is 13.2 Å². The van der Waals surface area contributed by atoms with Crippen molar-refractivity contribution in [1.29, 1.82) is 0 Å². The maximum atomic E-state index is 12.7. The Labute approximate surface area is 174 Å². The molecule has 0 spiro atoms. The largest absolute Gasteiger partial charge is 0.496 e. The Morgan fingerprint density at radius 3 is 2.59 bits per heavy atom. The molecule has 29 heavy (non-hydrogen) atoms. The van der Waals surface area contributed by atoms with Gasteiger partial charge in [-0.1, -0.05) is 11.6 Å². The number of nitrogens with one attached hydrogen (secondary N) is 1. The van der Waals surface area contributed by atoms with E-state index in [9.17, 15) is 9.59 Å². The number of methoxy groups -OCH3 is 1. The van der Waals surface area contributed by atoms with Crippen molar-refractivity contribution in [2.45, 2.75) is 6.92 Å². The second kappa shape index (κ2) is 9.62. The van der Waals surface area contributed by atoms with Crippen LogP contribution in [0.15, 0.2) is 36.4 Å². The normalized spacial score (nSPS) is 13.7. The zero-order chi connectivity index (χ0) is 20.8. The minimum Gasteiger partial charge on any atom is -0.496 e. The van der Waals surface area contributed by atoms with Crippen LogP contribution in [-0.2, 0) is 9.47 Å². The molecule has 1 heterocycles. The number of carbonyl (C=O) groups is 2. The standard InChI is InChI=1S/C21H23ClN2O5/c1-3-29-21(26)16-13-15(5-6-18(16)24-8-10-28-11-9-24)23-20(25)17-12-14(22)4-7-19(17)27-2/h4-7,12-13H,3,8-11H2,1-2H3,(H,23,25). The summed E-state index contributed by atoms with van der Waals surface area (Å²) in [5.74, 6) is -0.425. The first-order chi connectivity index (χ1) is 14.0. The summed E-state index contributed by atoms with van der Waals surface area (Å²) in [6.07, 6.45) is 0. The highest BCUT2D eigenvalue weighted by Gasteiger charge is 2.21. The molecule has 0 unspecified atom stereocenters. The van der Waals surface area contributed by atoms with Crippen LogP contribution in [0.4, 0.5) is 11.4 Å². The molecule has 154 valence electrons. The number of esters is 1. The Bertz CT molecular complexity index is 897. The molecule has 2 aromatic rings. The van der Waals surface area contributed by atoms with Crippen LogP contribution in [0.2, 0.25) is 5.02 Å². The molecule has 0 bridgehead atoms. The van der Waals surface area contributed by atoms with Crippen LogP contribution < -0.4 is 15.0 Å². The quantitative estimate of drug-likeness (QED) is 0.722. The van der Waals surface area contributed by atoms with E-state index in [0.717, 1.165) is 5.69 Å². The third kappa shape index (κ3) is 4.99. The van der Waals surface area contributed by atoms with E-state index in [2.05, 4.69) is 10.2 Å². The average molecular weight is 419 g/mol. The molecule has 7 nitrogen and oxygen atoms in total. The molecule has 0 aromatic heterocycles. The van der Waals surface area contributed by atoms with Crippen molar-refractivity contribution in [2.24, 2.45) is 0 Å². The lowest BCUT2D eigenvalue weighted by Gasteiger charge is -2.30. The Hall–Kier alpha value is -2.77. The molecule has 1 N–H and O–H groups in total. The van der Waals surface area contributed by atoms with Crippen molar-refractivity contribution < 1.29 is 23.8 Å². The van der Waals surface area contributed by atoms with Gasteiger partial charge in [0.1, 0.15) is 5.75 Å². The number of morpholine rings is 1. The van der Waals surface area contributed by atoms with Crippen LogP contribution in [0.25, 0.3) is 0 Å². The van der Waals surface area contributed by atoms with E-state index in [4.69, 9.17) is 25.8 Å². The first kappa shape index (κ1) is 21.0. The van der Waals surface area contributed by atoms with Gasteiger partial charge in [0, 0.05) is 23.8 Å². The van der Waals surface area contributed by atoms with Gasteiger partial charge in [0.2, 0.25) is 0 Å². The van der Waals surface area contributed by atoms with Gasteiger partial charge in [-0.3, -0.25) is 4.79 Å². The number of hydrogen-bond acceptors (Lipinski definition) is 6. The Morgan fingerprint density at radius 1 is 1.14 bits per heavy atom. The zero-order valence-corrected chi connectivity index (χ0v) is 17.1. The minimum atomic E-state index is -0.439. The van der Waals surface area contributed by atoms with Gasteiger partial charge < -0.3 is 24.4 Å². The summed E-state index contributed by atoms with van der Waals surface area (Å²) >= 11 is 6.02. The smallest absolute Gasteiger partial charge is 0.340 e. The number of rotatable bonds is 6. The number of halogens is 1. The predicted molar refractivity (Wildman–Crippen MR) is 111 cm³/mol. The highest BCUT2D eigenvalue weighted by atomic mass is 35.5. The van der Waals surface area contributed by atoms with E-state index >= 15 is 0 Å². The highest BCUT2D eigenvalue weighted by Crippen LogP contribution is 2.28. The van der Waals surface area contributed by atoms with E-state index in [-0.39, 0.29) is 6.61 Å². The van der Waals surface area contributed by atoms with Crippen LogP contribution in [0.3, 0.4) is 0 Å². The topological polar surface area (TPSA) is 77.1 Å². The van der Waals surface area contributed by atoms with Crippen molar-refractivity contribution in [3.8, 4) is 5.75 Å². The fourth-order valence-electron chi connectivity index (χ4n) is 3.12. The summed E-state index contributed by atoms with van der Waals surface area (Å²) in [6, 6.07) is 9.99. The van der Waals surface area contributed by atoms with Gasteiger partial charge in [-0.2, -0.15) is 0 Å². The summed E-state index contributed by atoms with van der Waals surface area (Å²) in [7, 11) is 1.48. The van der Waals surface area contributed by atoms with Gasteiger partial charge >= 0.3 is 5.97 Å². The molecule has 3 rings (SSSR count). The summed E-state index contributed by atoms with van der Waals surface area (Å²) in [6.45, 7) is 4.56. The lowest BCUT2D eigenvalue weighted by atomic mass is 10.1. The molecule has 0 saturated carbocycles. The molecular weight excluding hydrogens is 396 g/mol. The van der Waals surface area contributed by atoms with Crippen molar-refractivity contribution in [2.75, 3.05) is 50.2 Å². The lowest BCUT2D eigenvalue weighted by molar-refractivity contribution is 0.0526. The number of amides is 1. The summed E-state index contributed by atoms with van der Waals surface area (Å²) in [5, 5.41) is 3.22. The summed E-state index contributed by atoms with van der Waals surface area (Å²) < 4.78 is 15.8. The van der Waals surface area contributed by atoms with Gasteiger partial charge in [-0.05, 0) is 43.3 Å². The van der Waals surface area contributed by atoms with Crippen molar-refractivity contribution in [3.63, 3.8) is 0 Å². The van der Waals surface area contributed by atoms with E-state index in [1.807, 2.05) is 6.07 Å². The van der Waals surface area contributed by atoms with E-state index in [1.54, 1.807) is 31.2 Å². The molecule has 0 aliphatic carbocycles. The molecule has 1 fully saturated rings. The molecule has 8 heteroatoms. The van der Waals surface area contributed by atoms with Gasteiger partial charge in [-0.25, -0.2) is 4.79 Å². The van der Waals surface area contributed by atoms with Crippen LogP contribution in [0.5, 0.6) is 5.75 Å². The second-order valence-corrected chi connectivity index (χ2v) is 6.79. The Morgan fingerprint density at radius 2 is 1.90 bits per heavy atom. The summed E-state index contributed by atoms with van der Waals surface area (Å²) in [4.78, 5) is 27.3. The van der Waals surface area contributed by atoms with Crippen molar-refractivity contribution >= 4 is 34.9 Å². The maximum absolute atomic E-state index is 12.7. The van der Waals surface area contributed by atoms with Gasteiger partial charge in [0.15, 0.2) is 0 Å². The van der Waals surface area contributed by atoms with Gasteiger partial charge in [0.05, 0.1) is 43.7 Å². The molecule has 0 radical (unpaired) electrons. The monoisotopic (exact) mass is 418 g/mol. The summed E-state index contributed by atoms with van der Waals surface area (Å²) in [5.41, 5.74) is 1.92. The number of anilines is 2. The van der Waals surface area contributed by atoms with Crippen molar-refractivity contribution in [3.05, 3.63) is 52.5 Å². The first-order valence-electron chi connectivity index (χ1n) is 9.32. The SMILES string of the molecule is CCOC(=O)c1cc(NC(=O)c2cc(Cl)ccc2OC)ccc1N1CCOCC1. The third-order valence-electron chi connectivity index (χ3n) is 4.51. The fourth-order valence-corrected chi connectivity index (χ4v) is 3.29. The number of carbonyl (C=O) groups excluding carboxylic acids is 2. The van der Waals surface area contributed by atoms with E-state index in [0.29, 0.717) is 53.9 Å². The maximum Gasteiger partial charge on any atom is 0.340 e. The zero-order valence-electron chi connectivity index (χ0n) is 16.4. The Kier molecular flexibility index (Phi) is 6.95. The van der Waals surface area contributed by atoms with E-state index < -0.39 is 11.9 Å². The third-order valence-corrected chi connectivity index (χ3v) is 4.74. The Balaban J connectivity index is 1.90. The molecular formula is C21H23ClN2O5. The highest BCUT2D eigenvalue weighted by molar-refractivity contribution is 6.31. The predicted octanol–water partition coefficient (Wildman–Crippen LogP) is 3.61. The average Bonchev–Trinajstić information content (AvgIpc) is 2.74. The minimum absolute atomic E-state index is 0.262. The number of hydrogen-bond donors (Lipinski definition) is 1. The molecule has 2 aromatic carbocycles. The molecule has 0 atom stereocenters. The number of benzene rings is 2. The number of ether oxygens (including phenoxy) is 3. The number of nitrogens with zero attached hydrogens (tertiary/aromatic N) is 1. The molecule has 1 aliphatic rings. The molecule has 1 saturated heterocycles. The fraction of sp³-hybridized carbons (Fsp3) is 0.333. The van der Waals surface area contributed by atoms with Gasteiger partial charge in [0.25, 0.3) is 5.91 Å². The van der Waals surface area contributed by atoms with Crippen LogP contribution >= 0.6 is 11.6 Å². The van der Waals surface area contributed by atoms with Crippen LogP contribution in [-0.4, -0.2) is 51.9 Å². The lowest BCUT2D eigenvalue weighted by Crippen LogP contribution is -2.37. The van der Waals surface area contributed by atoms with Crippen LogP contribution in [0, 0.1) is 0 Å². The molecule has 1 amide bonds. The van der Waals surface area contributed by atoms with Crippen molar-refractivity contribution in [1.82, 2.24) is 0 Å².